The van der Waals surface area contributed by atoms with E-state index in [-0.39, 0.29) is 29.6 Å². The molecule has 2 fully saturated rings. The molecule has 3 atom stereocenters. The molecule has 0 radical (unpaired) electrons. The second-order valence-electron chi connectivity index (χ2n) is 9.85. The van der Waals surface area contributed by atoms with Gasteiger partial charge < -0.3 is 5.73 Å². The first-order chi connectivity index (χ1) is 17.4. The van der Waals surface area contributed by atoms with Gasteiger partial charge in [0, 0.05) is 31.6 Å². The zero-order valence-electron chi connectivity index (χ0n) is 21.2. The van der Waals surface area contributed by atoms with Gasteiger partial charge in [-0.1, -0.05) is 45.4 Å². The van der Waals surface area contributed by atoms with Crippen molar-refractivity contribution >= 4 is 29.5 Å². The molecule has 9 heteroatoms. The molecule has 4 rings (SSSR count). The number of rotatable bonds is 9. The monoisotopic (exact) mass is 492 g/mol. The third-order valence-corrected chi connectivity index (χ3v) is 7.69. The average Bonchev–Trinajstić information content (AvgIpc) is 2.90. The molecule has 3 amide bonds. The van der Waals surface area contributed by atoms with E-state index in [0.717, 1.165) is 24.8 Å². The molecule has 1 saturated carbocycles. The number of likely N-dealkylation sites (N-methyl/N-ethyl adjacent to an activating group) is 1. The van der Waals surface area contributed by atoms with Crippen LogP contribution in [0.2, 0.25) is 0 Å². The first-order valence-electron chi connectivity index (χ1n) is 13.1. The summed E-state index contributed by atoms with van der Waals surface area (Å²) in [5.41, 5.74) is 6.64. The van der Waals surface area contributed by atoms with E-state index in [2.05, 4.69) is 21.9 Å². The maximum atomic E-state index is 13.8. The number of carbonyl (C=O) groups excluding carboxylic acids is 3. The van der Waals surface area contributed by atoms with Gasteiger partial charge in [0.2, 0.25) is 17.8 Å². The molecule has 2 aliphatic rings. The summed E-state index contributed by atoms with van der Waals surface area (Å²) in [6.45, 7) is 4.26. The second kappa shape index (κ2) is 11.6. The van der Waals surface area contributed by atoms with Crippen LogP contribution >= 0.6 is 0 Å². The Morgan fingerprint density at radius 2 is 1.83 bits per heavy atom. The number of carbonyl (C=O) groups is 3. The summed E-state index contributed by atoms with van der Waals surface area (Å²) in [6, 6.07) is 4.26. The Morgan fingerprint density at radius 3 is 2.47 bits per heavy atom. The van der Waals surface area contributed by atoms with Crippen molar-refractivity contribution < 1.29 is 14.4 Å². The van der Waals surface area contributed by atoms with Crippen molar-refractivity contribution in [3.63, 3.8) is 0 Å². The van der Waals surface area contributed by atoms with E-state index in [9.17, 15) is 14.4 Å². The number of nitrogens with zero attached hydrogens (tertiary/aromatic N) is 5. The summed E-state index contributed by atoms with van der Waals surface area (Å²) in [4.78, 5) is 55.8. The predicted octanol–water partition coefficient (Wildman–Crippen LogP) is 3.40. The van der Waals surface area contributed by atoms with Gasteiger partial charge in [0.15, 0.2) is 0 Å². The summed E-state index contributed by atoms with van der Waals surface area (Å²) < 4.78 is 0. The molecule has 36 heavy (non-hydrogen) atoms. The third kappa shape index (κ3) is 5.39. The highest BCUT2D eigenvalue weighted by atomic mass is 16.2. The number of aromatic nitrogens is 3. The van der Waals surface area contributed by atoms with Crippen LogP contribution in [0.3, 0.4) is 0 Å². The van der Waals surface area contributed by atoms with E-state index < -0.39 is 12.0 Å². The van der Waals surface area contributed by atoms with Gasteiger partial charge in [-0.15, -0.1) is 0 Å². The number of likely N-dealkylation sites (tertiary alicyclic amines) is 1. The highest BCUT2D eigenvalue weighted by Crippen LogP contribution is 2.37. The van der Waals surface area contributed by atoms with Crippen molar-refractivity contribution in [2.75, 3.05) is 17.2 Å². The molecule has 192 valence electrons. The van der Waals surface area contributed by atoms with E-state index in [1.807, 2.05) is 6.92 Å². The fourth-order valence-electron chi connectivity index (χ4n) is 5.74. The molecular formula is C27H36N6O3. The molecule has 2 N–H and O–H groups in total. The van der Waals surface area contributed by atoms with Gasteiger partial charge in [0.25, 0.3) is 5.91 Å². The normalized spacial score (nSPS) is 21.1. The summed E-state index contributed by atoms with van der Waals surface area (Å²) in [6.07, 6.45) is 12.1. The number of imide groups is 1. The molecule has 2 aromatic rings. The maximum Gasteiger partial charge on any atom is 0.253 e. The molecule has 9 nitrogen and oxygen atoms in total. The van der Waals surface area contributed by atoms with Gasteiger partial charge in [-0.2, -0.15) is 0 Å². The summed E-state index contributed by atoms with van der Waals surface area (Å²) >= 11 is 0. The van der Waals surface area contributed by atoms with Crippen molar-refractivity contribution in [1.82, 2.24) is 19.9 Å². The molecule has 0 bridgehead atoms. The second-order valence-corrected chi connectivity index (χ2v) is 9.85. The Bertz CT molecular complexity index is 1070. The average molecular weight is 493 g/mol. The van der Waals surface area contributed by atoms with Gasteiger partial charge in [0.05, 0.1) is 5.92 Å². The van der Waals surface area contributed by atoms with Crippen LogP contribution in [-0.4, -0.2) is 50.2 Å². The largest absolute Gasteiger partial charge is 0.384 e. The predicted molar refractivity (Wildman–Crippen MR) is 137 cm³/mol. The molecular weight excluding hydrogens is 456 g/mol. The standard InChI is InChI=1S/C27H36N6O3/c1-3-19(20-9-6-5-7-10-20)17-23(34)33-24(26(36)32(4-2)27-30-12-8-13-31-27)21(25(33)35)15-18-11-14-29-22(28)16-18/h8,11-14,16,19-21,24H,3-7,9-10,15,17H2,1-2H3,(H2,28,29)/t19-,21+,24-/m0/s1. The van der Waals surface area contributed by atoms with Gasteiger partial charge in [-0.25, -0.2) is 15.0 Å². The SMILES string of the molecule is CC[C@@H](CC(=O)N1C(=O)[C@H](Cc2ccnc(N)c2)[C@H]1C(=O)N(CC)c1ncccn1)C1CCCCC1. The lowest BCUT2D eigenvalue weighted by Crippen LogP contribution is -2.69. The Balaban J connectivity index is 1.58. The number of hydrogen-bond donors (Lipinski definition) is 1. The maximum absolute atomic E-state index is 13.8. The number of β-lactam (4-membered cyclic amide) rings is 1. The molecule has 1 aliphatic heterocycles. The zero-order valence-corrected chi connectivity index (χ0v) is 21.2. The molecule has 2 aromatic heterocycles. The van der Waals surface area contributed by atoms with Crippen molar-refractivity contribution in [3.05, 3.63) is 42.4 Å². The number of pyridine rings is 1. The van der Waals surface area contributed by atoms with Gasteiger partial charge in [-0.05, 0) is 48.9 Å². The van der Waals surface area contributed by atoms with Crippen LogP contribution in [0.15, 0.2) is 36.8 Å². The molecule has 1 aliphatic carbocycles. The first kappa shape index (κ1) is 25.7. The van der Waals surface area contributed by atoms with Crippen molar-refractivity contribution in [2.45, 2.75) is 71.3 Å². The summed E-state index contributed by atoms with van der Waals surface area (Å²) in [5.74, 6) is -0.231. The highest BCUT2D eigenvalue weighted by molar-refractivity contribution is 6.12. The summed E-state index contributed by atoms with van der Waals surface area (Å²) in [7, 11) is 0. The van der Waals surface area contributed by atoms with Gasteiger partial charge in [-0.3, -0.25) is 24.2 Å². The fourth-order valence-corrected chi connectivity index (χ4v) is 5.74. The van der Waals surface area contributed by atoms with Crippen LogP contribution in [0, 0.1) is 17.8 Å². The molecule has 0 spiro atoms. The minimum Gasteiger partial charge on any atom is -0.384 e. The molecule has 0 unspecified atom stereocenters. The quantitative estimate of drug-likeness (QED) is 0.532. The van der Waals surface area contributed by atoms with Gasteiger partial charge >= 0.3 is 0 Å². The molecule has 1 saturated heterocycles. The lowest BCUT2D eigenvalue weighted by atomic mass is 9.76. The lowest BCUT2D eigenvalue weighted by Gasteiger charge is -2.46. The number of amides is 3. The minimum absolute atomic E-state index is 0.222. The van der Waals surface area contributed by atoms with E-state index in [1.165, 1.54) is 29.1 Å². The Hall–Kier alpha value is -3.36. The Kier molecular flexibility index (Phi) is 8.28. The van der Waals surface area contributed by atoms with Crippen LogP contribution in [0.5, 0.6) is 0 Å². The molecule has 3 heterocycles. The van der Waals surface area contributed by atoms with E-state index >= 15 is 0 Å². The summed E-state index contributed by atoms with van der Waals surface area (Å²) in [5, 5.41) is 0. The van der Waals surface area contributed by atoms with Crippen molar-refractivity contribution in [3.8, 4) is 0 Å². The van der Waals surface area contributed by atoms with Crippen LogP contribution < -0.4 is 10.6 Å². The number of hydrogen-bond acceptors (Lipinski definition) is 7. The minimum atomic E-state index is -0.896. The van der Waals surface area contributed by atoms with E-state index in [4.69, 9.17) is 5.73 Å². The van der Waals surface area contributed by atoms with Crippen LogP contribution in [0.1, 0.15) is 64.4 Å². The van der Waals surface area contributed by atoms with Crippen LogP contribution in [-0.2, 0) is 20.8 Å². The van der Waals surface area contributed by atoms with Crippen molar-refractivity contribution in [2.24, 2.45) is 17.8 Å². The number of nitrogen functional groups attached to an aromatic ring is 1. The van der Waals surface area contributed by atoms with Crippen LogP contribution in [0.25, 0.3) is 0 Å². The van der Waals surface area contributed by atoms with E-state index in [1.54, 1.807) is 36.8 Å². The van der Waals surface area contributed by atoms with E-state index in [0.29, 0.717) is 31.1 Å². The third-order valence-electron chi connectivity index (χ3n) is 7.69. The Morgan fingerprint density at radius 1 is 1.11 bits per heavy atom. The Labute approximate surface area is 212 Å². The topological polar surface area (TPSA) is 122 Å². The van der Waals surface area contributed by atoms with Crippen LogP contribution in [0.4, 0.5) is 11.8 Å². The smallest absolute Gasteiger partial charge is 0.253 e. The highest BCUT2D eigenvalue weighted by Gasteiger charge is 2.55. The number of nitrogens with two attached hydrogens (primary N) is 1. The number of anilines is 2. The zero-order chi connectivity index (χ0) is 25.7. The fraction of sp³-hybridized carbons (Fsp3) is 0.556. The first-order valence-corrected chi connectivity index (χ1v) is 13.1. The lowest BCUT2D eigenvalue weighted by molar-refractivity contribution is -0.171. The molecule has 0 aromatic carbocycles. The van der Waals surface area contributed by atoms with Crippen molar-refractivity contribution in [1.29, 1.82) is 0 Å². The van der Waals surface area contributed by atoms with Gasteiger partial charge in [0.1, 0.15) is 11.9 Å².